The average molecular weight is 282 g/mol. The lowest BCUT2D eigenvalue weighted by Gasteiger charge is -2.21. The molecule has 106 valence electrons. The van der Waals surface area contributed by atoms with Crippen LogP contribution in [0.3, 0.4) is 0 Å². The molecule has 0 saturated carbocycles. The van der Waals surface area contributed by atoms with Crippen molar-refractivity contribution in [1.29, 1.82) is 0 Å². The highest BCUT2D eigenvalue weighted by atomic mass is 32.1. The summed E-state index contributed by atoms with van der Waals surface area (Å²) in [5.74, 6) is 0.753. The maximum absolute atomic E-state index is 11.6. The number of carbonyl (C=O) groups excluding carboxylic acids is 1. The standard InChI is InChI=1S/C13H22N4OS/c1-5-14-13(15-8-12(18)16(2)3)17(4)9-11-6-7-19-10-11/h6-7,10H,5,8-9H2,1-4H3,(H,14,15). The first-order valence-corrected chi connectivity index (χ1v) is 7.19. The van der Waals surface area contributed by atoms with Crippen LogP contribution in [0.25, 0.3) is 0 Å². The maximum Gasteiger partial charge on any atom is 0.243 e. The van der Waals surface area contributed by atoms with Crippen LogP contribution in [0.4, 0.5) is 0 Å². The van der Waals surface area contributed by atoms with Crippen LogP contribution in [0, 0.1) is 0 Å². The van der Waals surface area contributed by atoms with E-state index in [9.17, 15) is 4.79 Å². The molecule has 0 aliphatic rings. The zero-order valence-corrected chi connectivity index (χ0v) is 12.8. The summed E-state index contributed by atoms with van der Waals surface area (Å²) in [5, 5.41) is 7.37. The van der Waals surface area contributed by atoms with Gasteiger partial charge in [0, 0.05) is 34.2 Å². The predicted octanol–water partition coefficient (Wildman–Crippen LogP) is 1.23. The summed E-state index contributed by atoms with van der Waals surface area (Å²) in [7, 11) is 5.44. The molecule has 1 aromatic heterocycles. The number of nitrogens with zero attached hydrogens (tertiary/aromatic N) is 3. The number of guanidine groups is 1. The molecule has 0 saturated heterocycles. The van der Waals surface area contributed by atoms with Gasteiger partial charge in [0.15, 0.2) is 5.96 Å². The van der Waals surface area contributed by atoms with Crippen molar-refractivity contribution < 1.29 is 4.79 Å². The number of thiophene rings is 1. The molecule has 1 amide bonds. The van der Waals surface area contributed by atoms with Gasteiger partial charge in [-0.05, 0) is 29.3 Å². The molecule has 6 heteroatoms. The largest absolute Gasteiger partial charge is 0.357 e. The smallest absolute Gasteiger partial charge is 0.243 e. The van der Waals surface area contributed by atoms with Gasteiger partial charge < -0.3 is 15.1 Å². The third-order valence-corrected chi connectivity index (χ3v) is 3.29. The average Bonchev–Trinajstić information content (AvgIpc) is 2.86. The summed E-state index contributed by atoms with van der Waals surface area (Å²) in [6.45, 7) is 3.75. The third-order valence-electron chi connectivity index (χ3n) is 2.56. The molecule has 1 N–H and O–H groups in total. The van der Waals surface area contributed by atoms with Crippen molar-refractivity contribution in [1.82, 2.24) is 15.1 Å². The van der Waals surface area contributed by atoms with Crippen molar-refractivity contribution in [2.24, 2.45) is 4.99 Å². The third kappa shape index (κ3) is 5.30. The van der Waals surface area contributed by atoms with Crippen LogP contribution >= 0.6 is 11.3 Å². The number of hydrogen-bond acceptors (Lipinski definition) is 3. The fraction of sp³-hybridized carbons (Fsp3) is 0.538. The Morgan fingerprint density at radius 2 is 2.16 bits per heavy atom. The van der Waals surface area contributed by atoms with Gasteiger partial charge >= 0.3 is 0 Å². The van der Waals surface area contributed by atoms with Crippen LogP contribution in [0.2, 0.25) is 0 Å². The van der Waals surface area contributed by atoms with Gasteiger partial charge in [-0.3, -0.25) is 4.79 Å². The Labute approximate surface area is 118 Å². The minimum atomic E-state index is -0.000614. The first-order chi connectivity index (χ1) is 9.04. The van der Waals surface area contributed by atoms with Crippen LogP contribution in [0.5, 0.6) is 0 Å². The molecule has 5 nitrogen and oxygen atoms in total. The molecular formula is C13H22N4OS. The predicted molar refractivity (Wildman–Crippen MR) is 80.5 cm³/mol. The van der Waals surface area contributed by atoms with Crippen LogP contribution in [0.1, 0.15) is 12.5 Å². The van der Waals surface area contributed by atoms with Crippen molar-refractivity contribution >= 4 is 23.2 Å². The van der Waals surface area contributed by atoms with Gasteiger partial charge in [-0.2, -0.15) is 11.3 Å². The van der Waals surface area contributed by atoms with E-state index in [1.807, 2.05) is 18.9 Å². The zero-order chi connectivity index (χ0) is 14.3. The van der Waals surface area contributed by atoms with Crippen molar-refractivity contribution in [3.63, 3.8) is 0 Å². The minimum absolute atomic E-state index is 0.000614. The van der Waals surface area contributed by atoms with E-state index in [1.54, 1.807) is 30.3 Å². The second kappa shape index (κ2) is 7.78. The van der Waals surface area contributed by atoms with E-state index in [1.165, 1.54) is 5.56 Å². The van der Waals surface area contributed by atoms with E-state index in [-0.39, 0.29) is 12.5 Å². The van der Waals surface area contributed by atoms with Crippen molar-refractivity contribution in [3.8, 4) is 0 Å². The van der Waals surface area contributed by atoms with E-state index in [0.717, 1.165) is 19.0 Å². The zero-order valence-electron chi connectivity index (χ0n) is 12.0. The SMILES string of the molecule is CCNC(=NCC(=O)N(C)C)N(C)Cc1ccsc1. The van der Waals surface area contributed by atoms with Crippen molar-refractivity contribution in [2.75, 3.05) is 34.2 Å². The molecule has 0 aliphatic carbocycles. The molecule has 1 aromatic rings. The second-order valence-electron chi connectivity index (χ2n) is 4.45. The number of aliphatic imine (C=N–C) groups is 1. The number of amides is 1. The Kier molecular flexibility index (Phi) is 6.35. The molecule has 0 radical (unpaired) electrons. The molecular weight excluding hydrogens is 260 g/mol. The summed E-state index contributed by atoms with van der Waals surface area (Å²) >= 11 is 1.68. The number of carbonyl (C=O) groups is 1. The van der Waals surface area contributed by atoms with Crippen LogP contribution in [0.15, 0.2) is 21.8 Å². The molecule has 0 aromatic carbocycles. The monoisotopic (exact) mass is 282 g/mol. The van der Waals surface area contributed by atoms with Crippen molar-refractivity contribution in [3.05, 3.63) is 22.4 Å². The highest BCUT2D eigenvalue weighted by molar-refractivity contribution is 7.07. The van der Waals surface area contributed by atoms with Gasteiger partial charge in [0.25, 0.3) is 0 Å². The van der Waals surface area contributed by atoms with Gasteiger partial charge in [0.1, 0.15) is 6.54 Å². The first kappa shape index (κ1) is 15.5. The Balaban J connectivity index is 2.64. The first-order valence-electron chi connectivity index (χ1n) is 6.25. The molecule has 0 fully saturated rings. The van der Waals surface area contributed by atoms with E-state index in [4.69, 9.17) is 0 Å². The van der Waals surface area contributed by atoms with Crippen LogP contribution < -0.4 is 5.32 Å². The van der Waals surface area contributed by atoms with Crippen LogP contribution in [-0.2, 0) is 11.3 Å². The normalized spacial score (nSPS) is 11.3. The van der Waals surface area contributed by atoms with Gasteiger partial charge in [-0.25, -0.2) is 4.99 Å². The maximum atomic E-state index is 11.6. The number of nitrogens with one attached hydrogen (secondary N) is 1. The molecule has 0 spiro atoms. The highest BCUT2D eigenvalue weighted by Gasteiger charge is 2.08. The highest BCUT2D eigenvalue weighted by Crippen LogP contribution is 2.08. The van der Waals surface area contributed by atoms with Crippen LogP contribution in [-0.4, -0.2) is 55.9 Å². The van der Waals surface area contributed by atoms with E-state index in [0.29, 0.717) is 0 Å². The lowest BCUT2D eigenvalue weighted by atomic mass is 10.3. The lowest BCUT2D eigenvalue weighted by Crippen LogP contribution is -2.39. The van der Waals surface area contributed by atoms with Gasteiger partial charge in [-0.15, -0.1) is 0 Å². The van der Waals surface area contributed by atoms with E-state index in [2.05, 4.69) is 27.1 Å². The Morgan fingerprint density at radius 1 is 1.42 bits per heavy atom. The van der Waals surface area contributed by atoms with Crippen molar-refractivity contribution in [2.45, 2.75) is 13.5 Å². The Morgan fingerprint density at radius 3 is 2.68 bits per heavy atom. The quantitative estimate of drug-likeness (QED) is 0.653. The summed E-state index contributed by atoms with van der Waals surface area (Å²) in [4.78, 5) is 19.5. The molecule has 0 bridgehead atoms. The summed E-state index contributed by atoms with van der Waals surface area (Å²) in [6, 6.07) is 2.09. The Hall–Kier alpha value is -1.56. The molecule has 1 heterocycles. The summed E-state index contributed by atoms with van der Waals surface area (Å²) in [5.41, 5.74) is 1.25. The van der Waals surface area contributed by atoms with E-state index >= 15 is 0 Å². The number of hydrogen-bond donors (Lipinski definition) is 1. The summed E-state index contributed by atoms with van der Waals surface area (Å²) < 4.78 is 0. The van der Waals surface area contributed by atoms with Gasteiger partial charge in [-0.1, -0.05) is 0 Å². The molecule has 0 unspecified atom stereocenters. The molecule has 0 atom stereocenters. The molecule has 19 heavy (non-hydrogen) atoms. The van der Waals surface area contributed by atoms with Gasteiger partial charge in [0.2, 0.25) is 5.91 Å². The molecule has 0 aliphatic heterocycles. The number of rotatable bonds is 5. The fourth-order valence-electron chi connectivity index (χ4n) is 1.48. The minimum Gasteiger partial charge on any atom is -0.357 e. The number of likely N-dealkylation sites (N-methyl/N-ethyl adjacent to an activating group) is 1. The van der Waals surface area contributed by atoms with Gasteiger partial charge in [0.05, 0.1) is 0 Å². The second-order valence-corrected chi connectivity index (χ2v) is 5.23. The topological polar surface area (TPSA) is 47.9 Å². The fourth-order valence-corrected chi connectivity index (χ4v) is 2.14. The Bertz CT molecular complexity index is 414. The molecule has 1 rings (SSSR count). The van der Waals surface area contributed by atoms with E-state index < -0.39 is 0 Å². The lowest BCUT2D eigenvalue weighted by molar-refractivity contribution is -0.127. The summed E-state index contributed by atoms with van der Waals surface area (Å²) in [6.07, 6.45) is 0.